The second kappa shape index (κ2) is 7.59. The van der Waals surface area contributed by atoms with Crippen molar-refractivity contribution in [3.8, 4) is 0 Å². The van der Waals surface area contributed by atoms with Crippen LogP contribution >= 0.6 is 0 Å². The smallest absolute Gasteiger partial charge is 0.255 e. The lowest BCUT2D eigenvalue weighted by molar-refractivity contribution is -0.140. The van der Waals surface area contributed by atoms with Gasteiger partial charge in [0, 0.05) is 50.7 Å². The highest BCUT2D eigenvalue weighted by molar-refractivity contribution is 5.82. The first-order valence-corrected chi connectivity index (χ1v) is 10.6. The van der Waals surface area contributed by atoms with Crippen molar-refractivity contribution < 1.29 is 9.53 Å². The lowest BCUT2D eigenvalue weighted by Gasteiger charge is -2.37. The zero-order chi connectivity index (χ0) is 19.9. The first-order chi connectivity index (χ1) is 13.3. The summed E-state index contributed by atoms with van der Waals surface area (Å²) in [6, 6.07) is 0.383. The van der Waals surface area contributed by atoms with E-state index in [9.17, 15) is 9.59 Å². The molecule has 1 N–H and O–H groups in total. The summed E-state index contributed by atoms with van der Waals surface area (Å²) in [5.74, 6) is 0.791. The van der Waals surface area contributed by atoms with Gasteiger partial charge in [0.15, 0.2) is 0 Å². The Labute approximate surface area is 166 Å². The molecule has 0 aromatic carbocycles. The number of nitrogens with zero attached hydrogens (tertiary/aromatic N) is 3. The van der Waals surface area contributed by atoms with Gasteiger partial charge in [-0.1, -0.05) is 20.8 Å². The molecule has 3 aliphatic rings. The number of amides is 1. The largest absolute Gasteiger partial charge is 0.381 e. The molecule has 0 saturated carbocycles. The summed E-state index contributed by atoms with van der Waals surface area (Å²) in [5.41, 5.74) is 1.25. The maximum atomic E-state index is 12.9. The number of rotatable bonds is 2. The van der Waals surface area contributed by atoms with Gasteiger partial charge in [-0.05, 0) is 25.7 Å². The van der Waals surface area contributed by atoms with Crippen LogP contribution in [0.2, 0.25) is 0 Å². The summed E-state index contributed by atoms with van der Waals surface area (Å²) in [4.78, 5) is 37.9. The van der Waals surface area contributed by atoms with Crippen molar-refractivity contribution in [2.45, 2.75) is 71.5 Å². The zero-order valence-corrected chi connectivity index (χ0v) is 17.3. The van der Waals surface area contributed by atoms with Gasteiger partial charge in [-0.25, -0.2) is 4.98 Å². The monoisotopic (exact) mass is 388 g/mol. The first-order valence-electron chi connectivity index (χ1n) is 10.6. The van der Waals surface area contributed by atoms with Crippen molar-refractivity contribution in [2.75, 3.05) is 26.3 Å². The number of hydrogen-bond acceptors (Lipinski definition) is 5. The minimum absolute atomic E-state index is 0.0354. The van der Waals surface area contributed by atoms with Crippen molar-refractivity contribution >= 4 is 5.91 Å². The quantitative estimate of drug-likeness (QED) is 0.839. The van der Waals surface area contributed by atoms with Crippen molar-refractivity contribution in [1.82, 2.24) is 19.8 Å². The summed E-state index contributed by atoms with van der Waals surface area (Å²) in [6.07, 6.45) is 4.67. The van der Waals surface area contributed by atoms with Crippen LogP contribution in [-0.4, -0.2) is 58.0 Å². The molecule has 0 aliphatic carbocycles. The molecule has 0 radical (unpaired) electrons. The Kier molecular flexibility index (Phi) is 5.31. The Morgan fingerprint density at radius 2 is 1.93 bits per heavy atom. The predicted octanol–water partition coefficient (Wildman–Crippen LogP) is 2.02. The third-order valence-corrected chi connectivity index (χ3v) is 6.29. The first kappa shape index (κ1) is 19.6. The molecule has 1 aromatic heterocycles. The van der Waals surface area contributed by atoms with Crippen LogP contribution < -0.4 is 5.56 Å². The van der Waals surface area contributed by atoms with Crippen LogP contribution in [-0.2, 0) is 22.5 Å². The van der Waals surface area contributed by atoms with Gasteiger partial charge in [0.1, 0.15) is 5.82 Å². The minimum atomic E-state index is -0.429. The van der Waals surface area contributed by atoms with E-state index in [2.05, 4.69) is 9.88 Å². The van der Waals surface area contributed by atoms with E-state index in [-0.39, 0.29) is 17.5 Å². The molecule has 4 heterocycles. The average Bonchev–Trinajstić information content (AvgIpc) is 3.16. The third-order valence-electron chi connectivity index (χ3n) is 6.29. The standard InChI is InChI=1S/C21H32N4O3/c1-21(2,3)20(27)25-9-4-5-17(25)18-22-16-6-10-24(13-15(16)19(26)23-18)14-7-11-28-12-8-14/h14,17H,4-13H2,1-3H3,(H,22,23,26)/t17-/m0/s1. The van der Waals surface area contributed by atoms with E-state index < -0.39 is 5.41 Å². The van der Waals surface area contributed by atoms with E-state index >= 15 is 0 Å². The molecule has 1 aromatic rings. The molecule has 154 valence electrons. The van der Waals surface area contributed by atoms with Gasteiger partial charge < -0.3 is 14.6 Å². The molecule has 1 atom stereocenters. The number of aromatic nitrogens is 2. The van der Waals surface area contributed by atoms with Gasteiger partial charge in [0.2, 0.25) is 5.91 Å². The number of carbonyl (C=O) groups is 1. The molecule has 2 saturated heterocycles. The van der Waals surface area contributed by atoms with E-state index in [1.807, 2.05) is 25.7 Å². The molecule has 0 bridgehead atoms. The summed E-state index contributed by atoms with van der Waals surface area (Å²) in [7, 11) is 0. The van der Waals surface area contributed by atoms with Crippen molar-refractivity contribution in [1.29, 1.82) is 0 Å². The maximum absolute atomic E-state index is 12.9. The fraction of sp³-hybridized carbons (Fsp3) is 0.762. The zero-order valence-electron chi connectivity index (χ0n) is 17.3. The molecule has 0 spiro atoms. The van der Waals surface area contributed by atoms with E-state index in [0.717, 1.165) is 69.7 Å². The molecular weight excluding hydrogens is 356 g/mol. The lowest BCUT2D eigenvalue weighted by atomic mass is 9.94. The normalized spacial score (nSPS) is 24.4. The third kappa shape index (κ3) is 3.74. The molecule has 28 heavy (non-hydrogen) atoms. The Hall–Kier alpha value is -1.73. The summed E-state index contributed by atoms with van der Waals surface area (Å²) >= 11 is 0. The van der Waals surface area contributed by atoms with Gasteiger partial charge in [0.25, 0.3) is 5.56 Å². The van der Waals surface area contributed by atoms with Crippen molar-refractivity contribution in [3.63, 3.8) is 0 Å². The number of aromatic amines is 1. The number of carbonyl (C=O) groups excluding carboxylic acids is 1. The fourth-order valence-corrected chi connectivity index (χ4v) is 4.71. The highest BCUT2D eigenvalue weighted by atomic mass is 16.5. The molecular formula is C21H32N4O3. The van der Waals surface area contributed by atoms with Crippen LogP contribution in [0.5, 0.6) is 0 Å². The second-order valence-corrected chi connectivity index (χ2v) is 9.35. The average molecular weight is 389 g/mol. The molecule has 7 heteroatoms. The summed E-state index contributed by atoms with van der Waals surface area (Å²) in [5, 5.41) is 0. The fourth-order valence-electron chi connectivity index (χ4n) is 4.71. The highest BCUT2D eigenvalue weighted by Gasteiger charge is 2.37. The van der Waals surface area contributed by atoms with Crippen LogP contribution in [0.15, 0.2) is 4.79 Å². The van der Waals surface area contributed by atoms with Crippen LogP contribution in [0.3, 0.4) is 0 Å². The van der Waals surface area contributed by atoms with Gasteiger partial charge in [0.05, 0.1) is 17.3 Å². The van der Waals surface area contributed by atoms with Crippen LogP contribution in [0.25, 0.3) is 0 Å². The predicted molar refractivity (Wildman–Crippen MR) is 106 cm³/mol. The van der Waals surface area contributed by atoms with Gasteiger partial charge >= 0.3 is 0 Å². The Bertz CT molecular complexity index is 792. The van der Waals surface area contributed by atoms with Gasteiger partial charge in [-0.3, -0.25) is 14.5 Å². The van der Waals surface area contributed by atoms with Crippen LogP contribution in [0.4, 0.5) is 0 Å². The number of nitrogens with one attached hydrogen (secondary N) is 1. The lowest BCUT2D eigenvalue weighted by Crippen LogP contribution is -2.45. The van der Waals surface area contributed by atoms with Crippen molar-refractivity contribution in [2.24, 2.45) is 5.41 Å². The molecule has 2 fully saturated rings. The van der Waals surface area contributed by atoms with Crippen LogP contribution in [0, 0.1) is 5.41 Å². The highest BCUT2D eigenvalue weighted by Crippen LogP contribution is 2.34. The van der Waals surface area contributed by atoms with E-state index in [4.69, 9.17) is 9.72 Å². The number of hydrogen-bond donors (Lipinski definition) is 1. The Morgan fingerprint density at radius 3 is 2.64 bits per heavy atom. The van der Waals surface area contributed by atoms with E-state index in [0.29, 0.717) is 18.4 Å². The molecule has 7 nitrogen and oxygen atoms in total. The molecule has 0 unspecified atom stereocenters. The number of likely N-dealkylation sites (tertiary alicyclic amines) is 1. The Morgan fingerprint density at radius 1 is 1.18 bits per heavy atom. The molecule has 1 amide bonds. The van der Waals surface area contributed by atoms with Crippen molar-refractivity contribution in [3.05, 3.63) is 27.4 Å². The maximum Gasteiger partial charge on any atom is 0.255 e. The van der Waals surface area contributed by atoms with E-state index in [1.54, 1.807) is 0 Å². The topological polar surface area (TPSA) is 78.5 Å². The van der Waals surface area contributed by atoms with Crippen LogP contribution in [0.1, 0.15) is 69.6 Å². The number of H-pyrrole nitrogens is 1. The summed E-state index contributed by atoms with van der Waals surface area (Å²) in [6.45, 7) is 9.78. The Balaban J connectivity index is 1.56. The van der Waals surface area contributed by atoms with Gasteiger partial charge in [-0.2, -0.15) is 0 Å². The van der Waals surface area contributed by atoms with E-state index in [1.165, 1.54) is 0 Å². The number of fused-ring (bicyclic) bond motifs is 1. The number of ether oxygens (including phenoxy) is 1. The molecule has 4 rings (SSSR count). The summed E-state index contributed by atoms with van der Waals surface area (Å²) < 4.78 is 5.47. The van der Waals surface area contributed by atoms with Gasteiger partial charge in [-0.15, -0.1) is 0 Å². The molecule has 3 aliphatic heterocycles. The minimum Gasteiger partial charge on any atom is -0.381 e. The second-order valence-electron chi connectivity index (χ2n) is 9.35. The SMILES string of the molecule is CC(C)(C)C(=O)N1CCC[C@H]1c1nc2c(c(=O)[nH]1)CN(C1CCOCC1)CC2.